The summed E-state index contributed by atoms with van der Waals surface area (Å²) in [7, 11) is 0. The molecule has 0 aliphatic carbocycles. The van der Waals surface area contributed by atoms with Crippen molar-refractivity contribution in [2.24, 2.45) is 5.84 Å². The summed E-state index contributed by atoms with van der Waals surface area (Å²) in [5.74, 6) is 0.654. The first-order valence-electron chi connectivity index (χ1n) is 10.5. The highest BCUT2D eigenvalue weighted by Crippen LogP contribution is 2.33. The zero-order chi connectivity index (χ0) is 26.4. The summed E-state index contributed by atoms with van der Waals surface area (Å²) in [5.41, 5.74) is 3.25. The monoisotopic (exact) mass is 504 g/mol. The lowest BCUT2D eigenvalue weighted by Crippen LogP contribution is -2.56. The number of nitrogen functional groups attached to an aromatic ring is 1. The van der Waals surface area contributed by atoms with E-state index in [2.05, 4.69) is 4.98 Å². The smallest absolute Gasteiger partial charge is 0.336 e. The quantitative estimate of drug-likeness (QED) is 0.223. The van der Waals surface area contributed by atoms with Gasteiger partial charge >= 0.3 is 5.69 Å². The number of nitrogens with zero attached hydrogens (tertiary/aromatic N) is 6. The molecule has 1 fully saturated rings. The van der Waals surface area contributed by atoms with E-state index in [1.165, 1.54) is 23.4 Å². The van der Waals surface area contributed by atoms with Crippen LogP contribution in [0.25, 0.3) is 5.69 Å². The molecule has 14 heteroatoms. The molecule has 188 valence electrons. The molecule has 3 aromatic rings. The van der Waals surface area contributed by atoms with Gasteiger partial charge in [-0.15, -0.1) is 0 Å². The van der Waals surface area contributed by atoms with Crippen LogP contribution in [0.1, 0.15) is 11.3 Å². The van der Waals surface area contributed by atoms with Gasteiger partial charge in [-0.3, -0.25) is 24.3 Å². The van der Waals surface area contributed by atoms with E-state index < -0.39 is 54.1 Å². The van der Waals surface area contributed by atoms with Crippen molar-refractivity contribution in [3.05, 3.63) is 74.3 Å². The molecule has 2 aromatic heterocycles. The lowest BCUT2D eigenvalue weighted by Gasteiger charge is -2.39. The van der Waals surface area contributed by atoms with Crippen LogP contribution in [0.3, 0.4) is 0 Å². The van der Waals surface area contributed by atoms with Gasteiger partial charge in [0, 0.05) is 24.9 Å². The Bertz CT molecular complexity index is 1500. The maximum Gasteiger partial charge on any atom is 0.336 e. The maximum absolute atomic E-state index is 14.1. The Hall–Kier alpha value is -4.22. The summed E-state index contributed by atoms with van der Waals surface area (Å²) in [5, 5.41) is 10.0. The molecule has 1 saturated heterocycles. The predicted molar refractivity (Wildman–Crippen MR) is 122 cm³/mol. The molecule has 4 rings (SSSR count). The fourth-order valence-corrected chi connectivity index (χ4v) is 4.02. The van der Waals surface area contributed by atoms with Gasteiger partial charge in [0.25, 0.3) is 11.5 Å². The highest BCUT2D eigenvalue weighted by Gasteiger charge is 2.44. The number of hydrogen-bond acceptors (Lipinski definition) is 8. The van der Waals surface area contributed by atoms with Gasteiger partial charge in [-0.1, -0.05) is 0 Å². The zero-order valence-corrected chi connectivity index (χ0v) is 18.9. The minimum absolute atomic E-state index is 0.0478. The molecule has 0 unspecified atom stereocenters. The molecule has 0 bridgehead atoms. The average molecular weight is 504 g/mol. The fourth-order valence-electron chi connectivity index (χ4n) is 4.02. The van der Waals surface area contributed by atoms with Crippen LogP contribution in [0.2, 0.25) is 0 Å². The van der Waals surface area contributed by atoms with Gasteiger partial charge in [-0.05, 0) is 18.6 Å². The van der Waals surface area contributed by atoms with Crippen LogP contribution in [0.4, 0.5) is 34.6 Å². The molecule has 3 heterocycles. The summed E-state index contributed by atoms with van der Waals surface area (Å²) < 4.78 is 56.4. The van der Waals surface area contributed by atoms with E-state index in [-0.39, 0.29) is 29.3 Å². The molecule has 0 saturated carbocycles. The first-order valence-corrected chi connectivity index (χ1v) is 10.5. The van der Waals surface area contributed by atoms with Crippen molar-refractivity contribution >= 4 is 17.1 Å². The van der Waals surface area contributed by atoms with Gasteiger partial charge in [-0.2, -0.15) is 5.26 Å². The molecule has 0 atom stereocenters. The van der Waals surface area contributed by atoms with E-state index in [0.29, 0.717) is 27.3 Å². The number of hydrogen-bond donors (Lipinski definition) is 2. The van der Waals surface area contributed by atoms with Gasteiger partial charge in [0.1, 0.15) is 12.2 Å². The van der Waals surface area contributed by atoms with Crippen molar-refractivity contribution in [1.82, 2.24) is 19.0 Å². The Morgan fingerprint density at radius 1 is 1.17 bits per heavy atom. The highest BCUT2D eigenvalue weighted by atomic mass is 19.3. The number of nitriles is 1. The molecule has 4 N–H and O–H groups in total. The zero-order valence-electron chi connectivity index (χ0n) is 18.9. The minimum Gasteiger partial charge on any atom is -0.397 e. The van der Waals surface area contributed by atoms with Crippen LogP contribution in [0.5, 0.6) is 0 Å². The van der Waals surface area contributed by atoms with Crippen molar-refractivity contribution in [1.29, 1.82) is 5.26 Å². The van der Waals surface area contributed by atoms with Crippen LogP contribution in [-0.4, -0.2) is 38.0 Å². The van der Waals surface area contributed by atoms with Crippen molar-refractivity contribution in [2.45, 2.75) is 25.9 Å². The molecule has 0 amide bonds. The van der Waals surface area contributed by atoms with Crippen LogP contribution < -0.4 is 27.8 Å². The topological polar surface area (TPSA) is 139 Å². The standard InChI is InChI=1S/C22H20F4N8O2/c1-12-4-13(8-30-7-12)33-20(35)19(34(29)17-6-15(24)14(23)5-16(17)28)18(32(3-2-27)21(33)36)9-31-10-22(25,26)11-31/h4-8H,3,9-11,28-29H2,1H3. The number of halogens is 4. The Morgan fingerprint density at radius 2 is 1.83 bits per heavy atom. The van der Waals surface area contributed by atoms with E-state index in [1.807, 2.05) is 0 Å². The van der Waals surface area contributed by atoms with E-state index in [0.717, 1.165) is 4.57 Å². The maximum atomic E-state index is 14.1. The number of rotatable bonds is 6. The molecular weight excluding hydrogens is 484 g/mol. The van der Waals surface area contributed by atoms with Gasteiger partial charge in [-0.25, -0.2) is 32.8 Å². The number of hydrazine groups is 1. The van der Waals surface area contributed by atoms with Gasteiger partial charge in [0.05, 0.1) is 48.1 Å². The van der Waals surface area contributed by atoms with E-state index in [4.69, 9.17) is 11.6 Å². The summed E-state index contributed by atoms with van der Waals surface area (Å²) in [6.45, 7) is -0.564. The van der Waals surface area contributed by atoms with Crippen molar-refractivity contribution in [3.63, 3.8) is 0 Å². The van der Waals surface area contributed by atoms with Crippen LogP contribution in [0.15, 0.2) is 40.2 Å². The molecule has 0 radical (unpaired) electrons. The number of benzene rings is 1. The Kier molecular flexibility index (Phi) is 6.29. The third-order valence-corrected chi connectivity index (χ3v) is 5.63. The summed E-state index contributed by atoms with van der Waals surface area (Å²) in [6.07, 6.45) is 2.72. The first-order chi connectivity index (χ1) is 16.9. The Morgan fingerprint density at radius 3 is 2.44 bits per heavy atom. The average Bonchev–Trinajstić information content (AvgIpc) is 2.77. The summed E-state index contributed by atoms with van der Waals surface area (Å²) >= 11 is 0. The third-order valence-electron chi connectivity index (χ3n) is 5.63. The van der Waals surface area contributed by atoms with Gasteiger partial charge in [0.15, 0.2) is 11.6 Å². The lowest BCUT2D eigenvalue weighted by atomic mass is 10.1. The largest absolute Gasteiger partial charge is 0.397 e. The summed E-state index contributed by atoms with van der Waals surface area (Å²) in [4.78, 5) is 32.3. The number of alkyl halides is 2. The molecule has 1 aliphatic rings. The van der Waals surface area contributed by atoms with Gasteiger partial charge in [0.2, 0.25) is 0 Å². The third kappa shape index (κ3) is 4.41. The van der Waals surface area contributed by atoms with E-state index in [9.17, 15) is 32.4 Å². The molecule has 10 nitrogen and oxygen atoms in total. The number of likely N-dealkylation sites (tertiary alicyclic amines) is 1. The van der Waals surface area contributed by atoms with Crippen molar-refractivity contribution in [3.8, 4) is 11.8 Å². The molecule has 1 aliphatic heterocycles. The SMILES string of the molecule is Cc1cncc(-n2c(=O)c(N(N)c3cc(F)c(F)cc3N)c(CN3CC(F)(F)C3)n(CC#N)c2=O)c1. The highest BCUT2D eigenvalue weighted by molar-refractivity contribution is 5.74. The second kappa shape index (κ2) is 9.10. The lowest BCUT2D eigenvalue weighted by molar-refractivity contribution is -0.134. The molecular formula is C22H20F4N8O2. The molecule has 1 aromatic carbocycles. The second-order valence-corrected chi connectivity index (χ2v) is 8.38. The van der Waals surface area contributed by atoms with Crippen LogP contribution in [-0.2, 0) is 13.1 Å². The summed E-state index contributed by atoms with van der Waals surface area (Å²) in [6, 6.07) is 4.61. The fraction of sp³-hybridized carbons (Fsp3) is 0.273. The van der Waals surface area contributed by atoms with E-state index in [1.54, 1.807) is 13.0 Å². The first kappa shape index (κ1) is 24.9. The number of anilines is 3. The number of aromatic nitrogens is 3. The van der Waals surface area contributed by atoms with E-state index >= 15 is 0 Å². The number of pyridine rings is 1. The van der Waals surface area contributed by atoms with Crippen molar-refractivity contribution in [2.75, 3.05) is 23.8 Å². The van der Waals surface area contributed by atoms with Crippen LogP contribution in [0, 0.1) is 29.9 Å². The van der Waals surface area contributed by atoms with Crippen LogP contribution >= 0.6 is 0 Å². The predicted octanol–water partition coefficient (Wildman–Crippen LogP) is 1.55. The second-order valence-electron chi connectivity index (χ2n) is 8.38. The Balaban J connectivity index is 2.02. The number of aryl methyl sites for hydroxylation is 1. The molecule has 0 spiro atoms. The Labute approximate surface area is 201 Å². The number of nitrogens with two attached hydrogens (primary N) is 2. The van der Waals surface area contributed by atoms with Crippen molar-refractivity contribution < 1.29 is 17.6 Å². The normalized spacial score (nSPS) is 14.8. The molecule has 36 heavy (non-hydrogen) atoms. The van der Waals surface area contributed by atoms with Gasteiger partial charge < -0.3 is 5.73 Å². The minimum atomic E-state index is -2.96.